The number of carbonyl (C=O) groups excluding carboxylic acids is 2. The van der Waals surface area contributed by atoms with Crippen LogP contribution in [0.4, 0.5) is 5.69 Å². The van der Waals surface area contributed by atoms with E-state index in [2.05, 4.69) is 15.9 Å². The van der Waals surface area contributed by atoms with Crippen molar-refractivity contribution in [3.8, 4) is 0 Å². The number of nitro benzene ring substituents is 1. The second-order valence-corrected chi connectivity index (χ2v) is 4.98. The normalized spacial score (nSPS) is 10.1. The first kappa shape index (κ1) is 16.3. The molecule has 20 heavy (non-hydrogen) atoms. The maximum atomic E-state index is 11.9. The zero-order chi connectivity index (χ0) is 15.1. The Morgan fingerprint density at radius 2 is 2.05 bits per heavy atom. The first-order chi connectivity index (χ1) is 9.45. The van der Waals surface area contributed by atoms with Gasteiger partial charge in [-0.2, -0.15) is 0 Å². The predicted octanol–water partition coefficient (Wildman–Crippen LogP) is 3.27. The largest absolute Gasteiger partial charge is 0.466 e. The third-order valence-electron chi connectivity index (χ3n) is 2.48. The zero-order valence-electron chi connectivity index (χ0n) is 10.9. The quantitative estimate of drug-likeness (QED) is 0.328. The van der Waals surface area contributed by atoms with Gasteiger partial charge in [0.25, 0.3) is 5.69 Å². The van der Waals surface area contributed by atoms with Crippen LogP contribution in [0.1, 0.15) is 36.5 Å². The van der Waals surface area contributed by atoms with Gasteiger partial charge in [0.05, 0.1) is 23.5 Å². The number of nitro groups is 1. The molecule has 0 aromatic heterocycles. The highest BCUT2D eigenvalue weighted by molar-refractivity contribution is 9.10. The van der Waals surface area contributed by atoms with Gasteiger partial charge in [0, 0.05) is 17.0 Å². The topological polar surface area (TPSA) is 86.5 Å². The number of hydrogen-bond donors (Lipinski definition) is 0. The number of nitrogens with zero attached hydrogens (tertiary/aromatic N) is 1. The molecular weight excluding hydrogens is 330 g/mol. The molecule has 0 spiro atoms. The van der Waals surface area contributed by atoms with E-state index in [4.69, 9.17) is 4.74 Å². The summed E-state index contributed by atoms with van der Waals surface area (Å²) in [5, 5.41) is 10.9. The van der Waals surface area contributed by atoms with Crippen molar-refractivity contribution < 1.29 is 19.2 Å². The minimum absolute atomic E-state index is 0.00138. The predicted molar refractivity (Wildman–Crippen MR) is 75.6 cm³/mol. The molecule has 0 aliphatic rings. The number of carbonyl (C=O) groups is 2. The smallest absolute Gasteiger partial charge is 0.306 e. The molecule has 0 amide bonds. The van der Waals surface area contributed by atoms with Crippen molar-refractivity contribution in [3.63, 3.8) is 0 Å². The summed E-state index contributed by atoms with van der Waals surface area (Å²) in [6, 6.07) is 4.19. The Hall–Kier alpha value is -1.76. The van der Waals surface area contributed by atoms with Crippen LogP contribution in [-0.4, -0.2) is 23.3 Å². The molecule has 1 aromatic carbocycles. The summed E-state index contributed by atoms with van der Waals surface area (Å²) in [5.41, 5.74) is -0.271. The van der Waals surface area contributed by atoms with Crippen molar-refractivity contribution in [2.45, 2.75) is 26.2 Å². The number of rotatable bonds is 7. The zero-order valence-corrected chi connectivity index (χ0v) is 12.5. The summed E-state index contributed by atoms with van der Waals surface area (Å²) in [5.74, 6) is -0.919. The first-order valence-electron chi connectivity index (χ1n) is 6.08. The van der Waals surface area contributed by atoms with Gasteiger partial charge in [0.1, 0.15) is 0 Å². The van der Waals surface area contributed by atoms with Crippen LogP contribution in [0, 0.1) is 10.1 Å². The number of Topliss-reactive ketones (excluding diaryl/α,β-unsaturated/α-hetero) is 1. The fourth-order valence-corrected chi connectivity index (χ4v) is 1.88. The van der Waals surface area contributed by atoms with E-state index >= 15 is 0 Å². The molecule has 0 aliphatic carbocycles. The molecule has 6 nitrogen and oxygen atoms in total. The van der Waals surface area contributed by atoms with Crippen LogP contribution in [0.15, 0.2) is 22.7 Å². The number of halogens is 1. The Morgan fingerprint density at radius 1 is 1.35 bits per heavy atom. The number of benzene rings is 1. The van der Waals surface area contributed by atoms with Crippen LogP contribution < -0.4 is 0 Å². The summed E-state index contributed by atoms with van der Waals surface area (Å²) in [6.07, 6.45) is 0.523. The van der Waals surface area contributed by atoms with Crippen molar-refractivity contribution in [2.24, 2.45) is 0 Å². The molecule has 0 saturated heterocycles. The second-order valence-electron chi connectivity index (χ2n) is 4.06. The molecule has 0 radical (unpaired) electrons. The van der Waals surface area contributed by atoms with E-state index in [0.29, 0.717) is 17.5 Å². The summed E-state index contributed by atoms with van der Waals surface area (Å²) >= 11 is 3.11. The Morgan fingerprint density at radius 3 is 2.65 bits per heavy atom. The molecule has 0 saturated carbocycles. The van der Waals surface area contributed by atoms with Gasteiger partial charge in [-0.1, -0.05) is 22.9 Å². The Bertz CT molecular complexity index is 529. The summed E-state index contributed by atoms with van der Waals surface area (Å²) in [6.45, 7) is 2.18. The average molecular weight is 344 g/mol. The van der Waals surface area contributed by atoms with Crippen molar-refractivity contribution in [1.82, 2.24) is 0 Å². The van der Waals surface area contributed by atoms with E-state index in [9.17, 15) is 19.7 Å². The van der Waals surface area contributed by atoms with E-state index in [1.807, 2.05) is 6.92 Å². The van der Waals surface area contributed by atoms with E-state index in [1.165, 1.54) is 12.1 Å². The third-order valence-corrected chi connectivity index (χ3v) is 2.97. The SMILES string of the molecule is CCCOC(=O)CCC(=O)c1ccc(Br)cc1[N+](=O)[O-]. The summed E-state index contributed by atoms with van der Waals surface area (Å²) < 4.78 is 5.36. The minimum Gasteiger partial charge on any atom is -0.466 e. The summed E-state index contributed by atoms with van der Waals surface area (Å²) in [4.78, 5) is 33.5. The lowest BCUT2D eigenvalue weighted by Crippen LogP contribution is -2.10. The van der Waals surface area contributed by atoms with Crippen LogP contribution >= 0.6 is 15.9 Å². The van der Waals surface area contributed by atoms with E-state index in [1.54, 1.807) is 6.07 Å². The molecule has 0 bridgehead atoms. The lowest BCUT2D eigenvalue weighted by molar-refractivity contribution is -0.385. The molecular formula is C13H14BrNO5. The summed E-state index contributed by atoms with van der Waals surface area (Å²) in [7, 11) is 0. The molecule has 1 aromatic rings. The highest BCUT2D eigenvalue weighted by atomic mass is 79.9. The molecule has 0 heterocycles. The fourth-order valence-electron chi connectivity index (χ4n) is 1.53. The third kappa shape index (κ3) is 4.73. The molecule has 0 unspecified atom stereocenters. The number of esters is 1. The maximum Gasteiger partial charge on any atom is 0.306 e. The van der Waals surface area contributed by atoms with E-state index < -0.39 is 16.7 Å². The van der Waals surface area contributed by atoms with Crippen molar-refractivity contribution in [3.05, 3.63) is 38.3 Å². The van der Waals surface area contributed by atoms with Crippen molar-refractivity contribution >= 4 is 33.4 Å². The Kier molecular flexibility index (Phi) is 6.30. The van der Waals surface area contributed by atoms with Gasteiger partial charge >= 0.3 is 5.97 Å². The van der Waals surface area contributed by atoms with Crippen LogP contribution in [0.25, 0.3) is 0 Å². The Balaban J connectivity index is 2.73. The number of ketones is 1. The molecule has 108 valence electrons. The van der Waals surface area contributed by atoms with Gasteiger partial charge in [-0.15, -0.1) is 0 Å². The highest BCUT2D eigenvalue weighted by Gasteiger charge is 2.21. The van der Waals surface area contributed by atoms with Gasteiger partial charge in [-0.25, -0.2) is 0 Å². The minimum atomic E-state index is -0.618. The molecule has 1 rings (SSSR count). The highest BCUT2D eigenvalue weighted by Crippen LogP contribution is 2.25. The maximum absolute atomic E-state index is 11.9. The fraction of sp³-hybridized carbons (Fsp3) is 0.385. The molecule has 0 N–H and O–H groups in total. The lowest BCUT2D eigenvalue weighted by atomic mass is 10.0. The van der Waals surface area contributed by atoms with Crippen molar-refractivity contribution in [2.75, 3.05) is 6.61 Å². The molecule has 0 atom stereocenters. The van der Waals surface area contributed by atoms with E-state index in [0.717, 1.165) is 0 Å². The van der Waals surface area contributed by atoms with Gasteiger partial charge in [0.15, 0.2) is 5.78 Å². The van der Waals surface area contributed by atoms with Gasteiger partial charge in [-0.05, 0) is 18.6 Å². The number of hydrogen-bond acceptors (Lipinski definition) is 5. The van der Waals surface area contributed by atoms with E-state index in [-0.39, 0.29) is 24.1 Å². The second kappa shape index (κ2) is 7.74. The van der Waals surface area contributed by atoms with Crippen LogP contribution in [0.5, 0.6) is 0 Å². The van der Waals surface area contributed by atoms with Crippen LogP contribution in [0.3, 0.4) is 0 Å². The number of ether oxygens (including phenoxy) is 1. The van der Waals surface area contributed by atoms with Crippen LogP contribution in [0.2, 0.25) is 0 Å². The standard InChI is InChI=1S/C13H14BrNO5/c1-2-7-20-13(17)6-5-12(16)10-4-3-9(14)8-11(10)15(18)19/h3-4,8H,2,5-7H2,1H3. The molecule has 0 aliphatic heterocycles. The average Bonchev–Trinajstić information content (AvgIpc) is 2.42. The van der Waals surface area contributed by atoms with Gasteiger partial charge < -0.3 is 4.74 Å². The Labute approximate surface area is 124 Å². The van der Waals surface area contributed by atoms with Crippen LogP contribution in [-0.2, 0) is 9.53 Å². The van der Waals surface area contributed by atoms with Gasteiger partial charge in [0.2, 0.25) is 0 Å². The molecule has 0 fully saturated rings. The molecule has 7 heteroatoms. The monoisotopic (exact) mass is 343 g/mol. The lowest BCUT2D eigenvalue weighted by Gasteiger charge is -2.04. The van der Waals surface area contributed by atoms with Gasteiger partial charge in [-0.3, -0.25) is 19.7 Å². The van der Waals surface area contributed by atoms with Crippen molar-refractivity contribution in [1.29, 1.82) is 0 Å². The first-order valence-corrected chi connectivity index (χ1v) is 6.87.